The molecule has 1 heterocycles. The summed E-state index contributed by atoms with van der Waals surface area (Å²) in [7, 11) is 0. The first-order chi connectivity index (χ1) is 17.6. The van der Waals surface area contributed by atoms with Crippen LogP contribution in [0.25, 0.3) is 6.08 Å². The highest BCUT2D eigenvalue weighted by Gasteiger charge is 2.36. The lowest BCUT2D eigenvalue weighted by atomic mass is 10.2. The number of imide groups is 1. The van der Waals surface area contributed by atoms with Crippen LogP contribution in [-0.2, 0) is 16.2 Å². The van der Waals surface area contributed by atoms with Gasteiger partial charge in [-0.25, -0.2) is 13.2 Å². The van der Waals surface area contributed by atoms with Crippen molar-refractivity contribution in [3.05, 3.63) is 97.6 Å². The number of amides is 3. The van der Waals surface area contributed by atoms with Crippen molar-refractivity contribution in [3.63, 3.8) is 0 Å². The summed E-state index contributed by atoms with van der Waals surface area (Å²) in [5.41, 5.74) is 0.893. The number of hydrogen-bond donors (Lipinski definition) is 1. The van der Waals surface area contributed by atoms with Gasteiger partial charge in [0.05, 0.1) is 15.1 Å². The Balaban J connectivity index is 1.40. The van der Waals surface area contributed by atoms with Crippen molar-refractivity contribution >= 4 is 68.1 Å². The van der Waals surface area contributed by atoms with Crippen molar-refractivity contribution in [2.75, 3.05) is 11.9 Å². The average molecular weight is 612 g/mol. The molecule has 3 aromatic carbocycles. The van der Waals surface area contributed by atoms with Crippen LogP contribution < -0.4 is 10.1 Å². The predicted molar refractivity (Wildman–Crippen MR) is 138 cm³/mol. The van der Waals surface area contributed by atoms with Gasteiger partial charge in [0.15, 0.2) is 17.5 Å². The maximum Gasteiger partial charge on any atom is 0.294 e. The molecule has 4 rings (SSSR count). The molecule has 6 nitrogen and oxygen atoms in total. The van der Waals surface area contributed by atoms with E-state index < -0.39 is 46.7 Å². The van der Waals surface area contributed by atoms with Crippen LogP contribution in [0.3, 0.4) is 0 Å². The molecule has 1 N–H and O–H groups in total. The van der Waals surface area contributed by atoms with Gasteiger partial charge in [-0.15, -0.1) is 0 Å². The molecular weight excluding hydrogens is 597 g/mol. The van der Waals surface area contributed by atoms with Crippen molar-refractivity contribution in [1.29, 1.82) is 0 Å². The molecule has 0 aliphatic carbocycles. The second-order valence-electron chi connectivity index (χ2n) is 7.64. The monoisotopic (exact) mass is 610 g/mol. The summed E-state index contributed by atoms with van der Waals surface area (Å²) >= 11 is 9.93. The van der Waals surface area contributed by atoms with E-state index >= 15 is 0 Å². The highest BCUT2D eigenvalue weighted by molar-refractivity contribution is 9.10. The Morgan fingerprint density at radius 1 is 1.05 bits per heavy atom. The molecule has 0 atom stereocenters. The van der Waals surface area contributed by atoms with Crippen molar-refractivity contribution in [2.24, 2.45) is 0 Å². The summed E-state index contributed by atoms with van der Waals surface area (Å²) in [4.78, 5) is 38.0. The van der Waals surface area contributed by atoms with Gasteiger partial charge in [-0.05, 0) is 81.3 Å². The molecule has 37 heavy (non-hydrogen) atoms. The second kappa shape index (κ2) is 11.4. The minimum absolute atomic E-state index is 0.0681. The molecule has 190 valence electrons. The van der Waals surface area contributed by atoms with Gasteiger partial charge in [0.1, 0.15) is 18.9 Å². The minimum atomic E-state index is -1.75. The molecule has 1 saturated heterocycles. The molecule has 3 aromatic rings. The highest BCUT2D eigenvalue weighted by atomic mass is 79.9. The predicted octanol–water partition coefficient (Wildman–Crippen LogP) is 6.77. The molecule has 0 aromatic heterocycles. The fourth-order valence-electron chi connectivity index (χ4n) is 3.21. The Labute approximate surface area is 226 Å². The molecule has 1 aliphatic heterocycles. The molecule has 0 saturated carbocycles. The van der Waals surface area contributed by atoms with Crippen LogP contribution in [0.1, 0.15) is 11.1 Å². The zero-order valence-corrected chi connectivity index (χ0v) is 21.7. The second-order valence-corrected chi connectivity index (χ2v) is 9.93. The maximum absolute atomic E-state index is 13.8. The standard InChI is InChI=1S/C25H15BrClF3N2O4S/c26-16-9-14(3-8-19(16)36-12-13-1-4-15(27)5-2-13)10-20-24(34)32(25(35)37-20)11-21(33)31-18-7-6-17(28)22(29)23(18)30/h1-10H,11-12H2,(H,31,33)/b20-10+. The fourth-order valence-corrected chi connectivity index (χ4v) is 4.68. The third-order valence-electron chi connectivity index (χ3n) is 5.05. The Hall–Kier alpha value is -3.28. The summed E-state index contributed by atoms with van der Waals surface area (Å²) < 4.78 is 46.6. The summed E-state index contributed by atoms with van der Waals surface area (Å²) in [6.07, 6.45) is 1.48. The van der Waals surface area contributed by atoms with E-state index in [2.05, 4.69) is 15.9 Å². The molecule has 0 spiro atoms. The van der Waals surface area contributed by atoms with E-state index in [1.54, 1.807) is 30.3 Å². The highest BCUT2D eigenvalue weighted by Crippen LogP contribution is 2.34. The summed E-state index contributed by atoms with van der Waals surface area (Å²) in [6, 6.07) is 13.8. The van der Waals surface area contributed by atoms with E-state index in [-0.39, 0.29) is 4.91 Å². The summed E-state index contributed by atoms with van der Waals surface area (Å²) in [6.45, 7) is -0.424. The van der Waals surface area contributed by atoms with Crippen LogP contribution in [0, 0.1) is 17.5 Å². The number of ether oxygens (including phenoxy) is 1. The summed E-state index contributed by atoms with van der Waals surface area (Å²) in [5, 5.41) is 1.94. The fraction of sp³-hybridized carbons (Fsp3) is 0.0800. The zero-order valence-electron chi connectivity index (χ0n) is 18.6. The Morgan fingerprint density at radius 2 is 1.78 bits per heavy atom. The quantitative estimate of drug-likeness (QED) is 0.236. The average Bonchev–Trinajstić information content (AvgIpc) is 3.12. The van der Waals surface area contributed by atoms with Gasteiger partial charge in [0, 0.05) is 5.02 Å². The van der Waals surface area contributed by atoms with Crippen molar-refractivity contribution in [3.8, 4) is 5.75 Å². The molecule has 0 bridgehead atoms. The number of rotatable bonds is 7. The SMILES string of the molecule is O=C(CN1C(=O)S/C(=C/c2ccc(OCc3ccc(Cl)cc3)c(Br)c2)C1=O)Nc1ccc(F)c(F)c1F. The van der Waals surface area contributed by atoms with Gasteiger partial charge in [0.25, 0.3) is 11.1 Å². The van der Waals surface area contributed by atoms with E-state index in [0.717, 1.165) is 11.6 Å². The number of nitrogens with zero attached hydrogens (tertiary/aromatic N) is 1. The van der Waals surface area contributed by atoms with Gasteiger partial charge in [-0.1, -0.05) is 29.8 Å². The van der Waals surface area contributed by atoms with Crippen LogP contribution >= 0.6 is 39.3 Å². The molecular formula is C25H15BrClF3N2O4S. The lowest BCUT2D eigenvalue weighted by Crippen LogP contribution is -2.36. The van der Waals surface area contributed by atoms with E-state index in [9.17, 15) is 27.6 Å². The number of halogens is 5. The molecule has 0 radical (unpaired) electrons. The van der Waals surface area contributed by atoms with Crippen molar-refractivity contribution < 1.29 is 32.3 Å². The number of hydrogen-bond acceptors (Lipinski definition) is 5. The molecule has 0 unspecified atom stereocenters. The minimum Gasteiger partial charge on any atom is -0.488 e. The maximum atomic E-state index is 13.8. The van der Waals surface area contributed by atoms with Gasteiger partial charge in [0.2, 0.25) is 5.91 Å². The lowest BCUT2D eigenvalue weighted by molar-refractivity contribution is -0.127. The smallest absolute Gasteiger partial charge is 0.294 e. The normalized spacial score (nSPS) is 14.4. The van der Waals surface area contributed by atoms with E-state index in [1.807, 2.05) is 17.4 Å². The first-order valence-electron chi connectivity index (χ1n) is 10.5. The van der Waals surface area contributed by atoms with Gasteiger partial charge in [-0.3, -0.25) is 19.3 Å². The van der Waals surface area contributed by atoms with E-state index in [4.69, 9.17) is 16.3 Å². The summed E-state index contributed by atoms with van der Waals surface area (Å²) in [5.74, 6) is -5.89. The van der Waals surface area contributed by atoms with Gasteiger partial charge < -0.3 is 10.1 Å². The van der Waals surface area contributed by atoms with Gasteiger partial charge in [-0.2, -0.15) is 0 Å². The number of nitrogens with one attached hydrogen (secondary N) is 1. The molecule has 1 fully saturated rings. The van der Waals surface area contributed by atoms with Crippen molar-refractivity contribution in [1.82, 2.24) is 4.90 Å². The van der Waals surface area contributed by atoms with E-state index in [1.165, 1.54) is 6.08 Å². The van der Waals surface area contributed by atoms with Crippen LogP contribution in [0.4, 0.5) is 23.7 Å². The first-order valence-corrected chi connectivity index (χ1v) is 12.5. The molecule has 3 amide bonds. The Kier molecular flexibility index (Phi) is 8.25. The number of anilines is 1. The zero-order chi connectivity index (χ0) is 26.7. The topological polar surface area (TPSA) is 75.7 Å². The number of thioether (sulfide) groups is 1. The van der Waals surface area contributed by atoms with Gasteiger partial charge >= 0.3 is 0 Å². The van der Waals surface area contributed by atoms with E-state index in [0.29, 0.717) is 50.1 Å². The third kappa shape index (κ3) is 6.35. The number of carbonyl (C=O) groups is 3. The first kappa shape index (κ1) is 26.8. The lowest BCUT2D eigenvalue weighted by Gasteiger charge is -2.13. The molecule has 1 aliphatic rings. The van der Waals surface area contributed by atoms with Crippen molar-refractivity contribution in [2.45, 2.75) is 6.61 Å². The largest absolute Gasteiger partial charge is 0.488 e. The van der Waals surface area contributed by atoms with Crippen LogP contribution in [0.5, 0.6) is 5.75 Å². The van der Waals surface area contributed by atoms with Crippen LogP contribution in [0.15, 0.2) is 64.0 Å². The molecule has 12 heteroatoms. The number of benzene rings is 3. The third-order valence-corrected chi connectivity index (χ3v) is 6.82. The van der Waals surface area contributed by atoms with Crippen LogP contribution in [0.2, 0.25) is 5.02 Å². The Morgan fingerprint density at radius 3 is 2.49 bits per heavy atom. The van der Waals surface area contributed by atoms with Crippen LogP contribution in [-0.4, -0.2) is 28.5 Å². The number of carbonyl (C=O) groups excluding carboxylic acids is 3. The Bertz CT molecular complexity index is 1440.